The van der Waals surface area contributed by atoms with Gasteiger partial charge >= 0.3 is 5.97 Å². The van der Waals surface area contributed by atoms with Crippen LogP contribution in [0.2, 0.25) is 0 Å². The number of hydrogen-bond acceptors (Lipinski definition) is 4. The molecule has 1 aliphatic rings. The van der Waals surface area contributed by atoms with Crippen LogP contribution in [0.5, 0.6) is 5.75 Å². The van der Waals surface area contributed by atoms with Gasteiger partial charge in [0.1, 0.15) is 17.9 Å². The number of methoxy groups -OCH3 is 1. The minimum Gasteiger partial charge on any atom is -0.489 e. The summed E-state index contributed by atoms with van der Waals surface area (Å²) in [6.07, 6.45) is 0.667. The number of benzene rings is 1. The Kier molecular flexibility index (Phi) is 4.65. The van der Waals surface area contributed by atoms with Gasteiger partial charge in [-0.3, -0.25) is 4.79 Å². The van der Waals surface area contributed by atoms with E-state index in [9.17, 15) is 4.79 Å². The number of carbonyl (C=O) groups excluding carboxylic acids is 1. The van der Waals surface area contributed by atoms with Gasteiger partial charge in [-0.25, -0.2) is 0 Å². The predicted molar refractivity (Wildman–Crippen MR) is 78.1 cm³/mol. The molecule has 0 aliphatic carbocycles. The first-order valence-electron chi connectivity index (χ1n) is 7.09. The molecule has 0 radical (unpaired) electrons. The van der Waals surface area contributed by atoms with Crippen LogP contribution in [0.3, 0.4) is 0 Å². The number of esters is 1. The summed E-state index contributed by atoms with van der Waals surface area (Å²) in [6, 6.07) is 5.95. The molecular weight excluding hydrogens is 254 g/mol. The van der Waals surface area contributed by atoms with E-state index in [1.165, 1.54) is 18.2 Å². The fourth-order valence-electron chi connectivity index (χ4n) is 2.68. The van der Waals surface area contributed by atoms with E-state index in [0.29, 0.717) is 18.9 Å². The Bertz CT molecular complexity index is 485. The molecule has 110 valence electrons. The molecule has 4 nitrogen and oxygen atoms in total. The second-order valence-electron chi connectivity index (χ2n) is 5.63. The molecule has 2 atom stereocenters. The lowest BCUT2D eigenvalue weighted by atomic mass is 9.98. The zero-order valence-electron chi connectivity index (χ0n) is 12.6. The number of nitrogens with one attached hydrogen (secondary N) is 1. The van der Waals surface area contributed by atoms with E-state index in [1.54, 1.807) is 0 Å². The lowest BCUT2D eigenvalue weighted by Crippen LogP contribution is -2.31. The highest BCUT2D eigenvalue weighted by Crippen LogP contribution is 2.25. The number of hydrogen-bond donors (Lipinski definition) is 1. The Balaban J connectivity index is 1.98. The fourth-order valence-corrected chi connectivity index (χ4v) is 2.68. The maximum Gasteiger partial charge on any atom is 0.323 e. The summed E-state index contributed by atoms with van der Waals surface area (Å²) in [6.45, 7) is 7.15. The Morgan fingerprint density at radius 2 is 2.15 bits per heavy atom. The molecule has 0 amide bonds. The van der Waals surface area contributed by atoms with Crippen LogP contribution >= 0.6 is 0 Å². The highest BCUT2D eigenvalue weighted by Gasteiger charge is 2.31. The minimum absolute atomic E-state index is 0.0170. The smallest absolute Gasteiger partial charge is 0.323 e. The summed E-state index contributed by atoms with van der Waals surface area (Å²) in [5, 5.41) is 3.12. The number of rotatable bonds is 4. The SMILES string of the molecule is COC(=O)[C@@H]1C[C@@H](Oc2ccc(C(C)C)c(C)c2)CN1. The van der Waals surface area contributed by atoms with Crippen molar-refractivity contribution in [3.05, 3.63) is 29.3 Å². The van der Waals surface area contributed by atoms with Crippen molar-refractivity contribution in [2.75, 3.05) is 13.7 Å². The summed E-state index contributed by atoms with van der Waals surface area (Å²) < 4.78 is 10.7. The van der Waals surface area contributed by atoms with Crippen molar-refractivity contribution < 1.29 is 14.3 Å². The highest BCUT2D eigenvalue weighted by atomic mass is 16.5. The van der Waals surface area contributed by atoms with Gasteiger partial charge < -0.3 is 14.8 Å². The molecule has 1 aromatic carbocycles. The lowest BCUT2D eigenvalue weighted by molar-refractivity contribution is -0.142. The topological polar surface area (TPSA) is 47.6 Å². The summed E-state index contributed by atoms with van der Waals surface area (Å²) in [4.78, 5) is 11.4. The summed E-state index contributed by atoms with van der Waals surface area (Å²) in [7, 11) is 1.41. The molecule has 0 bridgehead atoms. The Morgan fingerprint density at radius 3 is 2.75 bits per heavy atom. The minimum atomic E-state index is -0.249. The second-order valence-corrected chi connectivity index (χ2v) is 5.63. The Hall–Kier alpha value is -1.55. The van der Waals surface area contributed by atoms with Crippen molar-refractivity contribution in [3.8, 4) is 5.75 Å². The standard InChI is InChI=1S/C16H23NO3/c1-10(2)14-6-5-12(7-11(14)3)20-13-8-15(17-9-13)16(18)19-4/h5-7,10,13,15,17H,8-9H2,1-4H3/t13-,15+/m1/s1. The molecule has 1 heterocycles. The third-order valence-electron chi connectivity index (χ3n) is 3.74. The third kappa shape index (κ3) is 3.31. The van der Waals surface area contributed by atoms with Gasteiger partial charge in [0.2, 0.25) is 0 Å². The van der Waals surface area contributed by atoms with Crippen LogP contribution in [0, 0.1) is 6.92 Å². The molecule has 2 rings (SSSR count). The number of aryl methyl sites for hydroxylation is 1. The highest BCUT2D eigenvalue weighted by molar-refractivity contribution is 5.76. The van der Waals surface area contributed by atoms with Crippen LogP contribution in [0.15, 0.2) is 18.2 Å². The number of carbonyl (C=O) groups is 1. The average Bonchev–Trinajstić information content (AvgIpc) is 2.86. The first-order valence-corrected chi connectivity index (χ1v) is 7.09. The molecule has 1 saturated heterocycles. The summed E-state index contributed by atoms with van der Waals surface area (Å²) in [5.41, 5.74) is 2.59. The second kappa shape index (κ2) is 6.27. The van der Waals surface area contributed by atoms with Gasteiger partial charge in [-0.05, 0) is 36.1 Å². The van der Waals surface area contributed by atoms with E-state index >= 15 is 0 Å². The molecule has 1 aliphatic heterocycles. The first-order chi connectivity index (χ1) is 9.51. The van der Waals surface area contributed by atoms with Crippen molar-refractivity contribution in [2.45, 2.75) is 45.3 Å². The van der Waals surface area contributed by atoms with Crippen LogP contribution in [0.4, 0.5) is 0 Å². The van der Waals surface area contributed by atoms with Crippen molar-refractivity contribution in [3.63, 3.8) is 0 Å². The van der Waals surface area contributed by atoms with Gasteiger partial charge in [0.25, 0.3) is 0 Å². The Morgan fingerprint density at radius 1 is 1.40 bits per heavy atom. The van der Waals surface area contributed by atoms with Crippen LogP contribution in [-0.4, -0.2) is 31.8 Å². The molecule has 1 aromatic rings. The normalized spacial score (nSPS) is 22.1. The van der Waals surface area contributed by atoms with Gasteiger partial charge in [-0.2, -0.15) is 0 Å². The molecular formula is C16H23NO3. The van der Waals surface area contributed by atoms with Crippen LogP contribution in [-0.2, 0) is 9.53 Å². The van der Waals surface area contributed by atoms with Crippen molar-refractivity contribution in [1.29, 1.82) is 0 Å². The van der Waals surface area contributed by atoms with E-state index in [2.05, 4.69) is 38.2 Å². The zero-order chi connectivity index (χ0) is 14.7. The average molecular weight is 277 g/mol. The summed E-state index contributed by atoms with van der Waals surface area (Å²) >= 11 is 0. The quantitative estimate of drug-likeness (QED) is 0.859. The lowest BCUT2D eigenvalue weighted by Gasteiger charge is -2.16. The molecule has 0 saturated carbocycles. The maximum atomic E-state index is 11.4. The van der Waals surface area contributed by atoms with E-state index in [1.807, 2.05) is 6.07 Å². The summed E-state index contributed by atoms with van der Waals surface area (Å²) in [5.74, 6) is 1.16. The van der Waals surface area contributed by atoms with Crippen molar-refractivity contribution in [1.82, 2.24) is 5.32 Å². The fraction of sp³-hybridized carbons (Fsp3) is 0.562. The van der Waals surface area contributed by atoms with Crippen LogP contribution < -0.4 is 10.1 Å². The molecule has 0 unspecified atom stereocenters. The zero-order valence-corrected chi connectivity index (χ0v) is 12.6. The van der Waals surface area contributed by atoms with Gasteiger partial charge in [0, 0.05) is 13.0 Å². The Labute approximate surface area is 120 Å². The largest absolute Gasteiger partial charge is 0.489 e. The van der Waals surface area contributed by atoms with Gasteiger partial charge in [0.15, 0.2) is 0 Å². The van der Waals surface area contributed by atoms with E-state index < -0.39 is 0 Å². The van der Waals surface area contributed by atoms with E-state index in [0.717, 1.165) is 5.75 Å². The third-order valence-corrected chi connectivity index (χ3v) is 3.74. The van der Waals surface area contributed by atoms with Crippen LogP contribution in [0.1, 0.15) is 37.3 Å². The van der Waals surface area contributed by atoms with Crippen LogP contribution in [0.25, 0.3) is 0 Å². The molecule has 1 N–H and O–H groups in total. The van der Waals surface area contributed by atoms with Gasteiger partial charge in [0.05, 0.1) is 7.11 Å². The molecule has 1 fully saturated rings. The van der Waals surface area contributed by atoms with Gasteiger partial charge in [-0.1, -0.05) is 19.9 Å². The number of ether oxygens (including phenoxy) is 2. The molecule has 20 heavy (non-hydrogen) atoms. The first kappa shape index (κ1) is 14.9. The van der Waals surface area contributed by atoms with E-state index in [4.69, 9.17) is 9.47 Å². The predicted octanol–water partition coefficient (Wildman–Crippen LogP) is 2.40. The van der Waals surface area contributed by atoms with E-state index in [-0.39, 0.29) is 18.1 Å². The molecule has 0 spiro atoms. The van der Waals surface area contributed by atoms with Gasteiger partial charge in [-0.15, -0.1) is 0 Å². The monoisotopic (exact) mass is 277 g/mol. The maximum absolute atomic E-state index is 11.4. The van der Waals surface area contributed by atoms with Crippen molar-refractivity contribution in [2.24, 2.45) is 0 Å². The molecule has 0 aromatic heterocycles. The van der Waals surface area contributed by atoms with Crippen molar-refractivity contribution >= 4 is 5.97 Å². The molecule has 4 heteroatoms.